The topological polar surface area (TPSA) is 102 Å². The summed E-state index contributed by atoms with van der Waals surface area (Å²) in [4.78, 5) is 34.4. The van der Waals surface area contributed by atoms with Crippen LogP contribution in [-0.4, -0.2) is 49.4 Å². The molecule has 0 saturated carbocycles. The maximum Gasteiger partial charge on any atom is 0.330 e. The van der Waals surface area contributed by atoms with Crippen LogP contribution in [0, 0.1) is 10.1 Å². The number of methoxy groups -OCH3 is 1. The molecule has 0 radical (unpaired) electrons. The van der Waals surface area contributed by atoms with Gasteiger partial charge >= 0.3 is 5.97 Å². The van der Waals surface area contributed by atoms with E-state index in [1.807, 2.05) is 0 Å². The summed E-state index contributed by atoms with van der Waals surface area (Å²) in [5.74, 6) is -0.759. The van der Waals surface area contributed by atoms with Crippen LogP contribution in [0.1, 0.15) is 5.56 Å². The Morgan fingerprint density at radius 1 is 1.41 bits per heavy atom. The fourth-order valence-electron chi connectivity index (χ4n) is 1.51. The maximum absolute atomic E-state index is 11.5. The number of ether oxygens (including phenoxy) is 1. The number of amides is 1. The number of nitro groups is 1. The van der Waals surface area contributed by atoms with Gasteiger partial charge in [-0.15, -0.1) is 0 Å². The minimum Gasteiger partial charge on any atom is -0.466 e. The van der Waals surface area contributed by atoms with Gasteiger partial charge in [0.05, 0.1) is 18.6 Å². The van der Waals surface area contributed by atoms with Crippen LogP contribution in [0.2, 0.25) is 0 Å². The van der Waals surface area contributed by atoms with Crippen LogP contribution in [0.5, 0.6) is 0 Å². The van der Waals surface area contributed by atoms with Gasteiger partial charge in [0.1, 0.15) is 5.69 Å². The minimum absolute atomic E-state index is 0.0504. The summed E-state index contributed by atoms with van der Waals surface area (Å²) >= 11 is 0. The summed E-state index contributed by atoms with van der Waals surface area (Å²) in [6.07, 6.45) is 2.58. The van der Waals surface area contributed by atoms with E-state index in [2.05, 4.69) is 10.1 Å². The molecule has 0 fully saturated rings. The highest BCUT2D eigenvalue weighted by Crippen LogP contribution is 2.26. The molecular weight excluding hydrogens is 290 g/mol. The van der Waals surface area contributed by atoms with Crippen LogP contribution in [0.15, 0.2) is 24.3 Å². The van der Waals surface area contributed by atoms with E-state index >= 15 is 0 Å². The quantitative estimate of drug-likeness (QED) is 0.367. The van der Waals surface area contributed by atoms with Gasteiger partial charge in [-0.1, -0.05) is 6.07 Å². The Labute approximate surface area is 127 Å². The molecule has 8 heteroatoms. The lowest BCUT2D eigenvalue weighted by Gasteiger charge is -2.12. The number of hydrogen-bond donors (Lipinski definition) is 1. The lowest BCUT2D eigenvalue weighted by atomic mass is 10.1. The first kappa shape index (κ1) is 17.2. The zero-order chi connectivity index (χ0) is 16.7. The second kappa shape index (κ2) is 7.77. The van der Waals surface area contributed by atoms with Crippen molar-refractivity contribution in [3.05, 3.63) is 40.0 Å². The lowest BCUT2D eigenvalue weighted by molar-refractivity contribution is -0.384. The molecular formula is C14H17N3O5. The van der Waals surface area contributed by atoms with Crippen molar-refractivity contribution in [3.8, 4) is 0 Å². The van der Waals surface area contributed by atoms with Crippen LogP contribution >= 0.6 is 0 Å². The van der Waals surface area contributed by atoms with Crippen molar-refractivity contribution in [2.45, 2.75) is 0 Å². The molecule has 22 heavy (non-hydrogen) atoms. The largest absolute Gasteiger partial charge is 0.466 e. The number of nitrogens with one attached hydrogen (secondary N) is 1. The van der Waals surface area contributed by atoms with E-state index in [0.717, 1.165) is 0 Å². The molecule has 1 amide bonds. The van der Waals surface area contributed by atoms with E-state index in [9.17, 15) is 19.7 Å². The highest BCUT2D eigenvalue weighted by atomic mass is 16.6. The van der Waals surface area contributed by atoms with Crippen molar-refractivity contribution < 1.29 is 19.2 Å². The third-order valence-corrected chi connectivity index (χ3v) is 2.76. The highest BCUT2D eigenvalue weighted by Gasteiger charge is 2.15. The molecule has 8 nitrogen and oxygen atoms in total. The summed E-state index contributed by atoms with van der Waals surface area (Å²) in [6.45, 7) is -0.0504. The zero-order valence-corrected chi connectivity index (χ0v) is 12.5. The number of carbonyl (C=O) groups is 2. The van der Waals surface area contributed by atoms with E-state index in [1.165, 1.54) is 36.3 Å². The van der Waals surface area contributed by atoms with Gasteiger partial charge in [0.2, 0.25) is 5.91 Å². The second-order valence-electron chi connectivity index (χ2n) is 4.53. The number of anilines is 1. The molecule has 1 N–H and O–H groups in total. The van der Waals surface area contributed by atoms with Crippen LogP contribution in [0.25, 0.3) is 6.08 Å². The van der Waals surface area contributed by atoms with Gasteiger partial charge in [-0.3, -0.25) is 14.9 Å². The molecule has 0 atom stereocenters. The molecule has 0 heterocycles. The van der Waals surface area contributed by atoms with Gasteiger partial charge < -0.3 is 15.0 Å². The number of benzene rings is 1. The Morgan fingerprint density at radius 2 is 2.09 bits per heavy atom. The summed E-state index contributed by atoms with van der Waals surface area (Å²) in [5, 5.41) is 13.8. The normalized spacial score (nSPS) is 10.3. The van der Waals surface area contributed by atoms with Gasteiger partial charge in [-0.2, -0.15) is 0 Å². The van der Waals surface area contributed by atoms with E-state index in [4.69, 9.17) is 0 Å². The fourth-order valence-corrected chi connectivity index (χ4v) is 1.51. The second-order valence-corrected chi connectivity index (χ2v) is 4.53. The van der Waals surface area contributed by atoms with E-state index in [-0.39, 0.29) is 23.8 Å². The van der Waals surface area contributed by atoms with Crippen molar-refractivity contribution in [1.82, 2.24) is 4.90 Å². The lowest BCUT2D eigenvalue weighted by Crippen LogP contribution is -2.28. The average Bonchev–Trinajstić information content (AvgIpc) is 2.50. The smallest absolute Gasteiger partial charge is 0.330 e. The molecule has 1 aromatic rings. The molecule has 0 aliphatic rings. The summed E-state index contributed by atoms with van der Waals surface area (Å²) in [7, 11) is 4.43. The summed E-state index contributed by atoms with van der Waals surface area (Å²) < 4.78 is 4.45. The Balaban J connectivity index is 2.95. The van der Waals surface area contributed by atoms with E-state index < -0.39 is 10.9 Å². The molecule has 0 bridgehead atoms. The Bertz CT molecular complexity index is 610. The highest BCUT2D eigenvalue weighted by molar-refractivity contribution is 5.87. The number of rotatable bonds is 6. The Hall–Kier alpha value is -2.90. The standard InChI is InChI=1S/C14H17N3O5/c1-16(2)13(18)9-15-11-6-4-10(5-7-14(19)22-3)8-12(11)17(20)21/h4-8,15H,9H2,1-3H3/b7-5+. The summed E-state index contributed by atoms with van der Waals surface area (Å²) in [6, 6.07) is 4.38. The van der Waals surface area contributed by atoms with Crippen molar-refractivity contribution in [1.29, 1.82) is 0 Å². The molecule has 0 unspecified atom stereocenters. The fraction of sp³-hybridized carbons (Fsp3) is 0.286. The van der Waals surface area contributed by atoms with Crippen molar-refractivity contribution >= 4 is 29.3 Å². The third kappa shape index (κ3) is 4.89. The molecule has 0 aliphatic carbocycles. The van der Waals surface area contributed by atoms with Gasteiger partial charge in [0, 0.05) is 26.2 Å². The first-order valence-electron chi connectivity index (χ1n) is 6.33. The number of esters is 1. The van der Waals surface area contributed by atoms with Crippen LogP contribution in [-0.2, 0) is 14.3 Å². The number of hydrogen-bond acceptors (Lipinski definition) is 6. The number of carbonyl (C=O) groups excluding carboxylic acids is 2. The minimum atomic E-state index is -0.558. The third-order valence-electron chi connectivity index (χ3n) is 2.76. The van der Waals surface area contributed by atoms with Crippen molar-refractivity contribution in [2.24, 2.45) is 0 Å². The average molecular weight is 307 g/mol. The molecule has 1 rings (SSSR count). The van der Waals surface area contributed by atoms with Crippen molar-refractivity contribution in [3.63, 3.8) is 0 Å². The predicted octanol–water partition coefficient (Wildman–Crippen LogP) is 1.28. The molecule has 0 saturated heterocycles. The SMILES string of the molecule is COC(=O)/C=C/c1ccc(NCC(=O)N(C)C)c([N+](=O)[O-])c1. The molecule has 118 valence electrons. The Kier molecular flexibility index (Phi) is 6.06. The number of likely N-dealkylation sites (N-methyl/N-ethyl adjacent to an activating group) is 1. The summed E-state index contributed by atoms with van der Waals surface area (Å²) in [5.41, 5.74) is 0.524. The van der Waals surface area contributed by atoms with Crippen molar-refractivity contribution in [2.75, 3.05) is 33.1 Å². The predicted molar refractivity (Wildman–Crippen MR) is 81.3 cm³/mol. The van der Waals surface area contributed by atoms with Crippen LogP contribution in [0.3, 0.4) is 0 Å². The molecule has 0 aliphatic heterocycles. The first-order valence-corrected chi connectivity index (χ1v) is 6.33. The Morgan fingerprint density at radius 3 is 2.64 bits per heavy atom. The monoisotopic (exact) mass is 307 g/mol. The zero-order valence-electron chi connectivity index (χ0n) is 12.5. The first-order chi connectivity index (χ1) is 10.3. The van der Waals surface area contributed by atoms with Crippen LogP contribution < -0.4 is 5.32 Å². The van der Waals surface area contributed by atoms with Gasteiger partial charge in [0.15, 0.2) is 0 Å². The molecule has 0 aromatic heterocycles. The number of nitrogens with zero attached hydrogens (tertiary/aromatic N) is 2. The molecule has 0 spiro atoms. The van der Waals surface area contributed by atoms with Crippen LogP contribution in [0.4, 0.5) is 11.4 Å². The van der Waals surface area contributed by atoms with Gasteiger partial charge in [-0.05, 0) is 17.7 Å². The number of nitro benzene ring substituents is 1. The maximum atomic E-state index is 11.5. The molecule has 1 aromatic carbocycles. The van der Waals surface area contributed by atoms with Gasteiger partial charge in [0.25, 0.3) is 5.69 Å². The van der Waals surface area contributed by atoms with E-state index in [1.54, 1.807) is 20.2 Å². The van der Waals surface area contributed by atoms with Gasteiger partial charge in [-0.25, -0.2) is 4.79 Å². The van der Waals surface area contributed by atoms with E-state index in [0.29, 0.717) is 5.56 Å².